The zero-order valence-corrected chi connectivity index (χ0v) is 11.0. The third kappa shape index (κ3) is 6.77. The maximum atomic E-state index is 11.6. The molecule has 15 heavy (non-hydrogen) atoms. The smallest absolute Gasteiger partial charge is 0.220 e. The molecule has 0 aromatic heterocycles. The van der Waals surface area contributed by atoms with Gasteiger partial charge in [-0.2, -0.15) is 0 Å². The summed E-state index contributed by atoms with van der Waals surface area (Å²) in [7, 11) is 0. The number of alkyl halides is 1. The molecule has 0 aliphatic heterocycles. The molecule has 0 aliphatic carbocycles. The zero-order chi connectivity index (χ0) is 11.7. The molecule has 0 aromatic carbocycles. The number of carbonyl (C=O) groups excluding carboxylic acids is 1. The molecule has 1 atom stereocenters. The fourth-order valence-corrected chi connectivity index (χ4v) is 1.58. The van der Waals surface area contributed by atoms with Gasteiger partial charge in [-0.25, -0.2) is 0 Å². The highest BCUT2D eigenvalue weighted by Crippen LogP contribution is 2.12. The highest BCUT2D eigenvalue weighted by molar-refractivity contribution is 6.18. The maximum Gasteiger partial charge on any atom is 0.220 e. The number of hydrogen-bond donors (Lipinski definition) is 1. The van der Waals surface area contributed by atoms with E-state index in [4.69, 9.17) is 11.6 Å². The van der Waals surface area contributed by atoms with Crippen LogP contribution in [0, 0.1) is 0 Å². The van der Waals surface area contributed by atoms with Crippen LogP contribution in [-0.4, -0.2) is 17.3 Å². The van der Waals surface area contributed by atoms with Crippen molar-refractivity contribution in [1.29, 1.82) is 0 Å². The average molecular weight is 234 g/mol. The van der Waals surface area contributed by atoms with Crippen LogP contribution in [0.5, 0.6) is 0 Å². The van der Waals surface area contributed by atoms with E-state index in [9.17, 15) is 4.79 Å². The first-order chi connectivity index (χ1) is 7.08. The molecule has 0 bridgehead atoms. The second-order valence-corrected chi connectivity index (χ2v) is 4.67. The van der Waals surface area contributed by atoms with Crippen LogP contribution in [0.25, 0.3) is 0 Å². The quantitative estimate of drug-likeness (QED) is 0.505. The highest BCUT2D eigenvalue weighted by atomic mass is 35.5. The summed E-state index contributed by atoms with van der Waals surface area (Å²) in [6.07, 6.45) is 6.06. The number of nitrogens with one attached hydrogen (secondary N) is 1. The number of carbonyl (C=O) groups is 1. The van der Waals surface area contributed by atoms with Crippen molar-refractivity contribution < 1.29 is 4.79 Å². The lowest BCUT2D eigenvalue weighted by Gasteiger charge is -2.27. The Labute approximate surface area is 98.8 Å². The number of amides is 1. The maximum absolute atomic E-state index is 11.6. The zero-order valence-electron chi connectivity index (χ0n) is 10.2. The van der Waals surface area contributed by atoms with Crippen molar-refractivity contribution in [2.24, 2.45) is 0 Å². The van der Waals surface area contributed by atoms with Gasteiger partial charge in [0, 0.05) is 12.3 Å². The molecule has 0 rings (SSSR count). The minimum Gasteiger partial charge on any atom is -0.350 e. The Balaban J connectivity index is 3.72. The van der Waals surface area contributed by atoms with E-state index < -0.39 is 0 Å². The van der Waals surface area contributed by atoms with Crippen LogP contribution >= 0.6 is 11.6 Å². The third-order valence-electron chi connectivity index (χ3n) is 2.77. The Hall–Kier alpha value is -0.240. The van der Waals surface area contributed by atoms with Gasteiger partial charge >= 0.3 is 0 Å². The minimum absolute atomic E-state index is 0.135. The van der Waals surface area contributed by atoms with Crippen molar-refractivity contribution in [2.45, 2.75) is 64.8 Å². The molecule has 2 nitrogen and oxygen atoms in total. The first kappa shape index (κ1) is 14.8. The molecule has 0 spiro atoms. The van der Waals surface area contributed by atoms with Gasteiger partial charge in [-0.1, -0.05) is 33.1 Å². The van der Waals surface area contributed by atoms with E-state index in [1.165, 1.54) is 12.8 Å². The summed E-state index contributed by atoms with van der Waals surface area (Å²) < 4.78 is 0. The van der Waals surface area contributed by atoms with Crippen molar-refractivity contribution in [3.63, 3.8) is 0 Å². The topological polar surface area (TPSA) is 29.1 Å². The summed E-state index contributed by atoms with van der Waals surface area (Å²) in [6, 6.07) is 0. The Bertz CT molecular complexity index is 178. The summed E-state index contributed by atoms with van der Waals surface area (Å²) in [4.78, 5) is 11.6. The predicted molar refractivity (Wildman–Crippen MR) is 66.3 cm³/mol. The van der Waals surface area contributed by atoms with E-state index in [2.05, 4.69) is 12.2 Å². The molecule has 1 unspecified atom stereocenters. The SMILES string of the molecule is CCCCCCC(=O)NC(C)(CC)CCl. The molecular weight excluding hydrogens is 210 g/mol. The monoisotopic (exact) mass is 233 g/mol. The Morgan fingerprint density at radius 1 is 1.27 bits per heavy atom. The molecule has 0 saturated carbocycles. The second kappa shape index (κ2) is 7.98. The molecule has 90 valence electrons. The summed E-state index contributed by atoms with van der Waals surface area (Å²) in [5.74, 6) is 0.612. The largest absolute Gasteiger partial charge is 0.350 e. The predicted octanol–water partition coefficient (Wildman–Crippen LogP) is 3.48. The molecule has 0 heterocycles. The molecule has 0 aliphatic rings. The van der Waals surface area contributed by atoms with Gasteiger partial charge in [-0.15, -0.1) is 11.6 Å². The molecule has 3 heteroatoms. The van der Waals surface area contributed by atoms with Gasteiger partial charge in [0.2, 0.25) is 5.91 Å². The van der Waals surface area contributed by atoms with Crippen LogP contribution in [0.2, 0.25) is 0 Å². The van der Waals surface area contributed by atoms with E-state index in [0.717, 1.165) is 19.3 Å². The molecular formula is C12H24ClNO. The first-order valence-electron chi connectivity index (χ1n) is 5.95. The molecule has 0 radical (unpaired) electrons. The Morgan fingerprint density at radius 3 is 2.40 bits per heavy atom. The Kier molecular flexibility index (Phi) is 7.85. The number of halogens is 1. The van der Waals surface area contributed by atoms with Crippen LogP contribution in [0.1, 0.15) is 59.3 Å². The van der Waals surface area contributed by atoms with Crippen molar-refractivity contribution in [2.75, 3.05) is 5.88 Å². The van der Waals surface area contributed by atoms with Crippen molar-refractivity contribution in [1.82, 2.24) is 5.32 Å². The summed E-state index contributed by atoms with van der Waals surface area (Å²) in [6.45, 7) is 6.20. The van der Waals surface area contributed by atoms with Gasteiger partial charge in [-0.05, 0) is 19.8 Å². The fraction of sp³-hybridized carbons (Fsp3) is 0.917. The average Bonchev–Trinajstić information content (AvgIpc) is 2.24. The van der Waals surface area contributed by atoms with E-state index in [1.54, 1.807) is 0 Å². The summed E-state index contributed by atoms with van der Waals surface area (Å²) >= 11 is 5.82. The van der Waals surface area contributed by atoms with Crippen LogP contribution in [0.3, 0.4) is 0 Å². The van der Waals surface area contributed by atoms with Crippen molar-refractivity contribution in [3.05, 3.63) is 0 Å². The molecule has 0 fully saturated rings. The van der Waals surface area contributed by atoms with Gasteiger partial charge in [0.05, 0.1) is 5.54 Å². The first-order valence-corrected chi connectivity index (χ1v) is 6.48. The fourth-order valence-electron chi connectivity index (χ4n) is 1.33. The second-order valence-electron chi connectivity index (χ2n) is 4.41. The van der Waals surface area contributed by atoms with Gasteiger partial charge < -0.3 is 5.32 Å². The molecule has 0 aromatic rings. The van der Waals surface area contributed by atoms with Crippen LogP contribution in [-0.2, 0) is 4.79 Å². The lowest BCUT2D eigenvalue weighted by atomic mass is 10.0. The standard InChI is InChI=1S/C12H24ClNO/c1-4-6-7-8-9-11(15)14-12(3,5-2)10-13/h4-10H2,1-3H3,(H,14,15). The van der Waals surface area contributed by atoms with E-state index >= 15 is 0 Å². The third-order valence-corrected chi connectivity index (χ3v) is 3.36. The molecule has 1 N–H and O–H groups in total. The number of rotatable bonds is 8. The summed E-state index contributed by atoms with van der Waals surface area (Å²) in [5, 5.41) is 3.00. The Morgan fingerprint density at radius 2 is 1.93 bits per heavy atom. The van der Waals surface area contributed by atoms with Crippen LogP contribution in [0.15, 0.2) is 0 Å². The van der Waals surface area contributed by atoms with E-state index in [-0.39, 0.29) is 11.4 Å². The summed E-state index contributed by atoms with van der Waals surface area (Å²) in [5.41, 5.74) is -0.233. The highest BCUT2D eigenvalue weighted by Gasteiger charge is 2.22. The normalized spacial score (nSPS) is 14.7. The lowest BCUT2D eigenvalue weighted by Crippen LogP contribution is -2.46. The van der Waals surface area contributed by atoms with Crippen molar-refractivity contribution in [3.8, 4) is 0 Å². The van der Waals surface area contributed by atoms with Gasteiger partial charge in [0.1, 0.15) is 0 Å². The number of hydrogen-bond acceptors (Lipinski definition) is 1. The molecule has 0 saturated heterocycles. The lowest BCUT2D eigenvalue weighted by molar-refractivity contribution is -0.122. The van der Waals surface area contributed by atoms with E-state index in [0.29, 0.717) is 12.3 Å². The van der Waals surface area contributed by atoms with Gasteiger partial charge in [0.25, 0.3) is 0 Å². The van der Waals surface area contributed by atoms with Crippen molar-refractivity contribution >= 4 is 17.5 Å². The van der Waals surface area contributed by atoms with Crippen LogP contribution in [0.4, 0.5) is 0 Å². The molecule has 1 amide bonds. The van der Waals surface area contributed by atoms with E-state index in [1.807, 2.05) is 13.8 Å². The minimum atomic E-state index is -0.233. The number of unbranched alkanes of at least 4 members (excludes halogenated alkanes) is 3. The van der Waals surface area contributed by atoms with Gasteiger partial charge in [0.15, 0.2) is 0 Å². The van der Waals surface area contributed by atoms with Gasteiger partial charge in [-0.3, -0.25) is 4.79 Å². The van der Waals surface area contributed by atoms with Crippen LogP contribution < -0.4 is 5.32 Å².